The molecule has 12 rings (SSSR count). The van der Waals surface area contributed by atoms with Crippen molar-refractivity contribution in [3.63, 3.8) is 0 Å². The standard InChI is InChI=1S/C56H41NOS/c1-55(2)46-19-8-5-15-41(46)42-30-28-39(33-48(42)55)57(37-26-23-34(24-27-37)40-18-12-21-50-52(40)44-16-6-9-20-49(44)58-50)38-14-11-13-35(31-38)36-25-29-43-47(32-36)56(3,4)53-45-17-7-10-22-51(45)59-54(43)53/h5-33H,1-4H3. The van der Waals surface area contributed by atoms with Gasteiger partial charge in [0.2, 0.25) is 0 Å². The highest BCUT2D eigenvalue weighted by Crippen LogP contribution is 2.56. The van der Waals surface area contributed by atoms with Gasteiger partial charge in [0.25, 0.3) is 0 Å². The molecule has 59 heavy (non-hydrogen) atoms. The van der Waals surface area contributed by atoms with Gasteiger partial charge in [-0.15, -0.1) is 11.3 Å². The van der Waals surface area contributed by atoms with Crippen molar-refractivity contribution in [1.29, 1.82) is 0 Å². The first kappa shape index (κ1) is 34.4. The van der Waals surface area contributed by atoms with E-state index in [1.807, 2.05) is 17.4 Å². The number of furan rings is 1. The zero-order valence-corrected chi connectivity index (χ0v) is 34.3. The predicted molar refractivity (Wildman–Crippen MR) is 250 cm³/mol. The Labute approximate surface area is 348 Å². The van der Waals surface area contributed by atoms with Crippen LogP contribution in [-0.2, 0) is 10.8 Å². The summed E-state index contributed by atoms with van der Waals surface area (Å²) in [4.78, 5) is 3.85. The summed E-state index contributed by atoms with van der Waals surface area (Å²) in [6, 6.07) is 64.8. The lowest BCUT2D eigenvalue weighted by atomic mass is 9.80. The van der Waals surface area contributed by atoms with E-state index in [0.717, 1.165) is 44.6 Å². The first-order valence-electron chi connectivity index (χ1n) is 20.6. The van der Waals surface area contributed by atoms with Crippen LogP contribution in [0.2, 0.25) is 0 Å². The fraction of sp³-hybridized carbons (Fsp3) is 0.107. The summed E-state index contributed by atoms with van der Waals surface area (Å²) in [5.41, 5.74) is 19.4. The second-order valence-corrected chi connectivity index (χ2v) is 18.3. The Balaban J connectivity index is 0.989. The number of nitrogens with zero attached hydrogens (tertiary/aromatic N) is 1. The van der Waals surface area contributed by atoms with Crippen LogP contribution in [-0.4, -0.2) is 0 Å². The quantitative estimate of drug-likeness (QED) is 0.173. The average Bonchev–Trinajstić information content (AvgIpc) is 3.97. The fourth-order valence-corrected chi connectivity index (χ4v) is 11.7. The summed E-state index contributed by atoms with van der Waals surface area (Å²) in [6.45, 7) is 9.51. The van der Waals surface area contributed by atoms with E-state index in [1.165, 1.54) is 70.6 Å². The Kier molecular flexibility index (Phi) is 7.23. The highest BCUT2D eigenvalue weighted by Gasteiger charge is 2.39. The van der Waals surface area contributed by atoms with Gasteiger partial charge in [-0.2, -0.15) is 0 Å². The normalized spacial score (nSPS) is 14.4. The summed E-state index contributed by atoms with van der Waals surface area (Å²) >= 11 is 1.93. The molecule has 0 atom stereocenters. The highest BCUT2D eigenvalue weighted by atomic mass is 32.1. The number of hydrogen-bond acceptors (Lipinski definition) is 3. The van der Waals surface area contributed by atoms with Gasteiger partial charge in [-0.05, 0) is 127 Å². The molecular weight excluding hydrogens is 735 g/mol. The van der Waals surface area contributed by atoms with Gasteiger partial charge in [0.05, 0.1) is 0 Å². The Hall–Kier alpha value is -6.68. The Morgan fingerprint density at radius 2 is 1.05 bits per heavy atom. The summed E-state index contributed by atoms with van der Waals surface area (Å²) in [7, 11) is 0. The van der Waals surface area contributed by atoms with Crippen LogP contribution in [0.5, 0.6) is 0 Å². The van der Waals surface area contributed by atoms with E-state index in [1.54, 1.807) is 0 Å². The Morgan fingerprint density at radius 3 is 1.93 bits per heavy atom. The van der Waals surface area contributed by atoms with E-state index in [0.29, 0.717) is 0 Å². The zero-order chi connectivity index (χ0) is 39.6. The number of benzene rings is 8. The van der Waals surface area contributed by atoms with Crippen LogP contribution in [0.15, 0.2) is 180 Å². The predicted octanol–water partition coefficient (Wildman–Crippen LogP) is 16.2. The van der Waals surface area contributed by atoms with E-state index in [9.17, 15) is 0 Å². The van der Waals surface area contributed by atoms with E-state index in [-0.39, 0.29) is 10.8 Å². The van der Waals surface area contributed by atoms with E-state index >= 15 is 0 Å². The van der Waals surface area contributed by atoms with Crippen LogP contribution in [0.4, 0.5) is 17.1 Å². The molecular formula is C56H41NOS. The van der Waals surface area contributed by atoms with Crippen molar-refractivity contribution in [3.8, 4) is 43.8 Å². The molecule has 0 fully saturated rings. The maximum atomic E-state index is 6.27. The van der Waals surface area contributed by atoms with Crippen molar-refractivity contribution in [2.24, 2.45) is 0 Å². The minimum Gasteiger partial charge on any atom is -0.456 e. The molecule has 0 radical (unpaired) electrons. The number of rotatable bonds is 5. The Bertz CT molecular complexity index is 3340. The third-order valence-corrected chi connectivity index (χ3v) is 14.5. The lowest BCUT2D eigenvalue weighted by Gasteiger charge is -2.28. The molecule has 2 aliphatic carbocycles. The Morgan fingerprint density at radius 1 is 0.424 bits per heavy atom. The minimum absolute atomic E-state index is 0.0897. The molecule has 282 valence electrons. The van der Waals surface area contributed by atoms with Gasteiger partial charge >= 0.3 is 0 Å². The molecule has 2 aromatic heterocycles. The van der Waals surface area contributed by atoms with Crippen molar-refractivity contribution in [1.82, 2.24) is 0 Å². The van der Waals surface area contributed by atoms with Crippen molar-refractivity contribution >= 4 is 60.4 Å². The SMILES string of the molecule is CC1(C)c2ccccc2-c2ccc(N(c3ccc(-c4cccc5oc6ccccc6c45)cc3)c3cccc(-c4ccc5c(c4)C(C)(C)c4c-5sc5ccccc45)c3)cc21. The van der Waals surface area contributed by atoms with Gasteiger partial charge < -0.3 is 9.32 Å². The third-order valence-electron chi connectivity index (χ3n) is 13.3. The second kappa shape index (κ2) is 12.4. The molecule has 0 saturated carbocycles. The number of fused-ring (bicyclic) bond motifs is 11. The number of hydrogen-bond donors (Lipinski definition) is 0. The van der Waals surface area contributed by atoms with Gasteiger partial charge in [0.1, 0.15) is 11.2 Å². The van der Waals surface area contributed by atoms with Gasteiger partial charge in [-0.1, -0.05) is 143 Å². The molecule has 3 heteroatoms. The third kappa shape index (κ3) is 4.98. The van der Waals surface area contributed by atoms with E-state index in [2.05, 4.69) is 202 Å². The summed E-state index contributed by atoms with van der Waals surface area (Å²) in [5.74, 6) is 0. The molecule has 0 amide bonds. The molecule has 10 aromatic rings. The zero-order valence-electron chi connectivity index (χ0n) is 33.5. The molecule has 2 nitrogen and oxygen atoms in total. The van der Waals surface area contributed by atoms with Crippen LogP contribution in [0.25, 0.3) is 75.8 Å². The molecule has 2 aliphatic rings. The maximum Gasteiger partial charge on any atom is 0.136 e. The monoisotopic (exact) mass is 775 g/mol. The molecule has 0 unspecified atom stereocenters. The largest absolute Gasteiger partial charge is 0.456 e. The molecule has 0 spiro atoms. The average molecular weight is 776 g/mol. The summed E-state index contributed by atoms with van der Waals surface area (Å²) in [6.07, 6.45) is 0. The molecule has 0 N–H and O–H groups in total. The van der Waals surface area contributed by atoms with E-state index in [4.69, 9.17) is 4.42 Å². The van der Waals surface area contributed by atoms with Gasteiger partial charge in [-0.3, -0.25) is 0 Å². The second-order valence-electron chi connectivity index (χ2n) is 17.3. The van der Waals surface area contributed by atoms with Crippen LogP contribution in [0.1, 0.15) is 49.9 Å². The first-order valence-corrected chi connectivity index (χ1v) is 21.4. The first-order chi connectivity index (χ1) is 28.8. The van der Waals surface area contributed by atoms with Crippen LogP contribution in [0, 0.1) is 0 Å². The molecule has 0 saturated heterocycles. The summed E-state index contributed by atoms with van der Waals surface area (Å²) in [5, 5.41) is 3.68. The van der Waals surface area contributed by atoms with Crippen LogP contribution in [0.3, 0.4) is 0 Å². The van der Waals surface area contributed by atoms with Crippen molar-refractivity contribution < 1.29 is 4.42 Å². The topological polar surface area (TPSA) is 16.4 Å². The van der Waals surface area contributed by atoms with Gasteiger partial charge in [-0.25, -0.2) is 0 Å². The molecule has 0 bridgehead atoms. The number of thiophene rings is 1. The summed E-state index contributed by atoms with van der Waals surface area (Å²) < 4.78 is 7.64. The molecule has 2 heterocycles. The lowest BCUT2D eigenvalue weighted by Crippen LogP contribution is -2.16. The number of anilines is 3. The minimum atomic E-state index is -0.115. The van der Waals surface area contributed by atoms with Crippen molar-refractivity contribution in [2.75, 3.05) is 4.90 Å². The smallest absolute Gasteiger partial charge is 0.136 e. The highest BCUT2D eigenvalue weighted by molar-refractivity contribution is 7.22. The van der Waals surface area contributed by atoms with Crippen LogP contribution < -0.4 is 4.90 Å². The fourth-order valence-electron chi connectivity index (χ4n) is 10.3. The van der Waals surface area contributed by atoms with Gasteiger partial charge in [0, 0.05) is 48.2 Å². The molecule has 0 aliphatic heterocycles. The lowest BCUT2D eigenvalue weighted by molar-refractivity contribution is 0.660. The molecule has 8 aromatic carbocycles. The van der Waals surface area contributed by atoms with Crippen molar-refractivity contribution in [3.05, 3.63) is 198 Å². The van der Waals surface area contributed by atoms with E-state index < -0.39 is 0 Å². The van der Waals surface area contributed by atoms with Crippen molar-refractivity contribution in [2.45, 2.75) is 38.5 Å². The van der Waals surface area contributed by atoms with Crippen LogP contribution >= 0.6 is 11.3 Å². The maximum absolute atomic E-state index is 6.27. The van der Waals surface area contributed by atoms with Gasteiger partial charge in [0.15, 0.2) is 0 Å². The number of para-hydroxylation sites is 1.